The largest absolute Gasteiger partial charge is 0.493 e. The lowest BCUT2D eigenvalue weighted by molar-refractivity contribution is -0.141. The number of aliphatic carboxylic acids is 1. The topological polar surface area (TPSA) is 75.6 Å². The third kappa shape index (κ3) is 3.24. The van der Waals surface area contributed by atoms with E-state index in [1.807, 2.05) is 18.2 Å². The van der Waals surface area contributed by atoms with E-state index in [9.17, 15) is 9.59 Å². The van der Waals surface area contributed by atoms with E-state index in [0.717, 1.165) is 36.1 Å². The Labute approximate surface area is 122 Å². The van der Waals surface area contributed by atoms with Gasteiger partial charge >= 0.3 is 5.97 Å². The number of fused-ring (bicyclic) bond motifs is 1. The van der Waals surface area contributed by atoms with Gasteiger partial charge in [0.1, 0.15) is 11.8 Å². The normalized spacial score (nSPS) is 18.1. The number of carbonyl (C=O) groups is 2. The van der Waals surface area contributed by atoms with Crippen molar-refractivity contribution in [1.82, 2.24) is 5.32 Å². The molecule has 2 aliphatic rings. The summed E-state index contributed by atoms with van der Waals surface area (Å²) >= 11 is 0. The number of carbonyl (C=O) groups excluding carboxylic acids is 1. The fourth-order valence-corrected chi connectivity index (χ4v) is 2.49. The van der Waals surface area contributed by atoms with Crippen LogP contribution in [0.4, 0.5) is 0 Å². The lowest BCUT2D eigenvalue weighted by Crippen LogP contribution is -2.41. The Morgan fingerprint density at radius 1 is 1.38 bits per heavy atom. The predicted molar refractivity (Wildman–Crippen MR) is 77.0 cm³/mol. The second-order valence-electron chi connectivity index (χ2n) is 5.46. The molecule has 2 N–H and O–H groups in total. The lowest BCUT2D eigenvalue weighted by Gasteiger charge is -2.11. The first-order chi connectivity index (χ1) is 10.1. The van der Waals surface area contributed by atoms with Gasteiger partial charge in [0.05, 0.1) is 6.61 Å². The van der Waals surface area contributed by atoms with Crippen molar-refractivity contribution in [2.45, 2.75) is 25.3 Å². The molecule has 0 spiro atoms. The van der Waals surface area contributed by atoms with Crippen molar-refractivity contribution in [3.8, 4) is 5.75 Å². The molecule has 1 atom stereocenters. The molecule has 0 aromatic heterocycles. The highest BCUT2D eigenvalue weighted by Gasteiger charge is 2.36. The van der Waals surface area contributed by atoms with E-state index in [1.54, 1.807) is 6.08 Å². The van der Waals surface area contributed by atoms with Crippen LogP contribution in [0.2, 0.25) is 0 Å². The summed E-state index contributed by atoms with van der Waals surface area (Å²) in [5.41, 5.74) is 2.05. The molecule has 21 heavy (non-hydrogen) atoms. The molecule has 0 saturated heterocycles. The third-order valence-corrected chi connectivity index (χ3v) is 3.80. The SMILES string of the molecule is O=C(C=Cc1ccc2c(c1)CCO2)NC(C(=O)O)C1CC1. The molecule has 0 bridgehead atoms. The number of ether oxygens (including phenoxy) is 1. The van der Waals surface area contributed by atoms with Gasteiger partial charge in [0.25, 0.3) is 0 Å². The molecule has 110 valence electrons. The Morgan fingerprint density at radius 3 is 2.90 bits per heavy atom. The average molecular weight is 287 g/mol. The van der Waals surface area contributed by atoms with Crippen LogP contribution in [0.3, 0.4) is 0 Å². The first-order valence-electron chi connectivity index (χ1n) is 7.10. The summed E-state index contributed by atoms with van der Waals surface area (Å²) in [6.07, 6.45) is 5.69. The van der Waals surface area contributed by atoms with E-state index >= 15 is 0 Å². The standard InChI is InChI=1S/C16H17NO4/c18-14(17-15(16(19)20)11-3-4-11)6-2-10-1-5-13-12(9-10)7-8-21-13/h1-2,5-6,9,11,15H,3-4,7-8H2,(H,17,18)(H,19,20). The van der Waals surface area contributed by atoms with Crippen molar-refractivity contribution in [3.05, 3.63) is 35.4 Å². The second kappa shape index (κ2) is 5.60. The zero-order valence-corrected chi connectivity index (χ0v) is 11.5. The molecule has 1 heterocycles. The minimum atomic E-state index is -0.964. The van der Waals surface area contributed by atoms with Crippen molar-refractivity contribution in [2.24, 2.45) is 5.92 Å². The Balaban J connectivity index is 1.62. The maximum atomic E-state index is 11.8. The molecule has 1 saturated carbocycles. The van der Waals surface area contributed by atoms with E-state index in [0.29, 0.717) is 6.61 Å². The van der Waals surface area contributed by atoms with Crippen molar-refractivity contribution in [3.63, 3.8) is 0 Å². The van der Waals surface area contributed by atoms with Gasteiger partial charge in [-0.2, -0.15) is 0 Å². The Morgan fingerprint density at radius 2 is 2.19 bits per heavy atom. The summed E-state index contributed by atoms with van der Waals surface area (Å²) in [7, 11) is 0. The third-order valence-electron chi connectivity index (χ3n) is 3.80. The van der Waals surface area contributed by atoms with E-state index in [1.165, 1.54) is 6.08 Å². The number of rotatable bonds is 5. The summed E-state index contributed by atoms with van der Waals surface area (Å²) in [6, 6.07) is 4.99. The molecular weight excluding hydrogens is 270 g/mol. The van der Waals surface area contributed by atoms with Crippen LogP contribution in [-0.4, -0.2) is 29.6 Å². The second-order valence-corrected chi connectivity index (χ2v) is 5.46. The molecule has 1 unspecified atom stereocenters. The minimum absolute atomic E-state index is 0.0805. The predicted octanol–water partition coefficient (Wildman–Crippen LogP) is 1.61. The number of carboxylic acids is 1. The van der Waals surface area contributed by atoms with Gasteiger partial charge < -0.3 is 15.2 Å². The molecule has 3 rings (SSSR count). The van der Waals surface area contributed by atoms with Gasteiger partial charge in [-0.3, -0.25) is 4.79 Å². The summed E-state index contributed by atoms with van der Waals surface area (Å²) in [4.78, 5) is 22.9. The average Bonchev–Trinajstić information content (AvgIpc) is 3.19. The van der Waals surface area contributed by atoms with E-state index in [2.05, 4.69) is 5.32 Å². The van der Waals surface area contributed by atoms with Gasteiger partial charge in [0, 0.05) is 12.5 Å². The van der Waals surface area contributed by atoms with Gasteiger partial charge in [-0.1, -0.05) is 6.07 Å². The van der Waals surface area contributed by atoms with Crippen LogP contribution in [0.15, 0.2) is 24.3 Å². The van der Waals surface area contributed by atoms with Crippen LogP contribution in [0.5, 0.6) is 5.75 Å². The van der Waals surface area contributed by atoms with E-state index in [4.69, 9.17) is 9.84 Å². The molecule has 1 aromatic carbocycles. The van der Waals surface area contributed by atoms with Crippen LogP contribution >= 0.6 is 0 Å². The van der Waals surface area contributed by atoms with Gasteiger partial charge in [0.15, 0.2) is 0 Å². The lowest BCUT2D eigenvalue weighted by atomic mass is 10.1. The van der Waals surface area contributed by atoms with Crippen LogP contribution in [-0.2, 0) is 16.0 Å². The number of hydrogen-bond donors (Lipinski definition) is 2. The maximum absolute atomic E-state index is 11.8. The molecule has 5 nitrogen and oxygen atoms in total. The highest BCUT2D eigenvalue weighted by atomic mass is 16.5. The van der Waals surface area contributed by atoms with Crippen LogP contribution < -0.4 is 10.1 Å². The number of nitrogens with one attached hydrogen (secondary N) is 1. The molecule has 1 amide bonds. The molecular formula is C16H17NO4. The molecule has 1 aromatic rings. The first kappa shape index (κ1) is 13.7. The summed E-state index contributed by atoms with van der Waals surface area (Å²) in [6.45, 7) is 0.699. The Bertz CT molecular complexity index is 604. The summed E-state index contributed by atoms with van der Waals surface area (Å²) < 4.78 is 5.42. The van der Waals surface area contributed by atoms with Gasteiger partial charge in [-0.05, 0) is 48.1 Å². The Kier molecular flexibility index (Phi) is 3.64. The first-order valence-corrected chi connectivity index (χ1v) is 7.10. The van der Waals surface area contributed by atoms with Crippen molar-refractivity contribution >= 4 is 18.0 Å². The van der Waals surface area contributed by atoms with Gasteiger partial charge in [0.2, 0.25) is 5.91 Å². The summed E-state index contributed by atoms with van der Waals surface area (Å²) in [5.74, 6) is -0.353. The molecule has 0 radical (unpaired) electrons. The van der Waals surface area contributed by atoms with E-state index in [-0.39, 0.29) is 11.8 Å². The molecule has 5 heteroatoms. The van der Waals surface area contributed by atoms with E-state index < -0.39 is 12.0 Å². The monoisotopic (exact) mass is 287 g/mol. The number of carboxylic acid groups (broad SMARTS) is 1. The highest BCUT2D eigenvalue weighted by molar-refractivity contribution is 5.94. The van der Waals surface area contributed by atoms with Crippen LogP contribution in [0.1, 0.15) is 24.0 Å². The highest BCUT2D eigenvalue weighted by Crippen LogP contribution is 2.32. The molecule has 1 aliphatic carbocycles. The summed E-state index contributed by atoms with van der Waals surface area (Å²) in [5, 5.41) is 11.6. The zero-order chi connectivity index (χ0) is 14.8. The fourth-order valence-electron chi connectivity index (χ4n) is 2.49. The Hall–Kier alpha value is -2.30. The fraction of sp³-hybridized carbons (Fsp3) is 0.375. The molecule has 1 aliphatic heterocycles. The van der Waals surface area contributed by atoms with Crippen LogP contribution in [0, 0.1) is 5.92 Å². The number of amides is 1. The zero-order valence-electron chi connectivity index (χ0n) is 11.5. The van der Waals surface area contributed by atoms with Crippen LogP contribution in [0.25, 0.3) is 6.08 Å². The number of hydrogen-bond acceptors (Lipinski definition) is 3. The minimum Gasteiger partial charge on any atom is -0.493 e. The molecule has 1 fully saturated rings. The maximum Gasteiger partial charge on any atom is 0.326 e. The van der Waals surface area contributed by atoms with Gasteiger partial charge in [-0.25, -0.2) is 4.79 Å². The number of benzene rings is 1. The van der Waals surface area contributed by atoms with Gasteiger partial charge in [-0.15, -0.1) is 0 Å². The quantitative estimate of drug-likeness (QED) is 0.807. The van der Waals surface area contributed by atoms with Crippen molar-refractivity contribution in [2.75, 3.05) is 6.61 Å². The van der Waals surface area contributed by atoms with Crippen molar-refractivity contribution < 1.29 is 19.4 Å². The smallest absolute Gasteiger partial charge is 0.326 e. The van der Waals surface area contributed by atoms with Crippen molar-refractivity contribution in [1.29, 1.82) is 0 Å².